The number of nitrogens with one attached hydrogen (secondary N) is 1. The number of hydrogen-bond donors (Lipinski definition) is 1. The van der Waals surface area contributed by atoms with Crippen molar-refractivity contribution in [3.05, 3.63) is 29.3 Å². The molecule has 0 bridgehead atoms. The van der Waals surface area contributed by atoms with Crippen LogP contribution in [0.4, 0.5) is 0 Å². The van der Waals surface area contributed by atoms with E-state index in [0.29, 0.717) is 24.7 Å². The van der Waals surface area contributed by atoms with E-state index in [2.05, 4.69) is 31.3 Å². The summed E-state index contributed by atoms with van der Waals surface area (Å²) in [5.74, 6) is 1.50. The molecule has 1 N–H and O–H groups in total. The Morgan fingerprint density at radius 1 is 1.38 bits per heavy atom. The summed E-state index contributed by atoms with van der Waals surface area (Å²) in [6.07, 6.45) is 1.52. The van der Waals surface area contributed by atoms with Gasteiger partial charge in [-0.15, -0.1) is 0 Å². The first-order valence-electron chi connectivity index (χ1n) is 7.66. The van der Waals surface area contributed by atoms with Crippen LogP contribution in [0, 0.1) is 5.92 Å². The zero-order valence-corrected chi connectivity index (χ0v) is 13.5. The van der Waals surface area contributed by atoms with Gasteiger partial charge in [0.2, 0.25) is 0 Å². The van der Waals surface area contributed by atoms with E-state index in [9.17, 15) is 0 Å². The Balaban J connectivity index is 1.97. The fraction of sp³-hybridized carbons (Fsp3) is 0.647. The minimum atomic E-state index is 0.305. The molecule has 0 aromatic heterocycles. The van der Waals surface area contributed by atoms with E-state index in [1.54, 1.807) is 14.2 Å². The molecule has 1 aromatic rings. The lowest BCUT2D eigenvalue weighted by molar-refractivity contribution is 0.105. The van der Waals surface area contributed by atoms with Crippen LogP contribution in [0.5, 0.6) is 5.75 Å². The van der Waals surface area contributed by atoms with Crippen LogP contribution in [-0.2, 0) is 16.1 Å². The van der Waals surface area contributed by atoms with Gasteiger partial charge in [-0.05, 0) is 43.9 Å². The zero-order chi connectivity index (χ0) is 15.2. The molecule has 0 spiro atoms. The molecule has 1 aromatic carbocycles. The van der Waals surface area contributed by atoms with Crippen LogP contribution < -0.4 is 10.1 Å². The summed E-state index contributed by atoms with van der Waals surface area (Å²) < 4.78 is 16.2. The Labute approximate surface area is 127 Å². The molecule has 0 aliphatic carbocycles. The van der Waals surface area contributed by atoms with E-state index in [1.807, 2.05) is 6.07 Å². The second-order valence-electron chi connectivity index (χ2n) is 5.76. The second-order valence-corrected chi connectivity index (χ2v) is 5.76. The highest BCUT2D eigenvalue weighted by Gasteiger charge is 2.24. The van der Waals surface area contributed by atoms with E-state index < -0.39 is 0 Å². The Bertz CT molecular complexity index is 450. The smallest absolute Gasteiger partial charge is 0.124 e. The molecule has 1 fully saturated rings. The maximum Gasteiger partial charge on any atom is 0.124 e. The first kappa shape index (κ1) is 16.3. The van der Waals surface area contributed by atoms with Crippen LogP contribution in [0.1, 0.15) is 37.4 Å². The molecule has 3 unspecified atom stereocenters. The lowest BCUT2D eigenvalue weighted by Crippen LogP contribution is -2.29. The summed E-state index contributed by atoms with van der Waals surface area (Å²) in [5, 5.41) is 3.62. The lowest BCUT2D eigenvalue weighted by atomic mass is 10.0. The van der Waals surface area contributed by atoms with Gasteiger partial charge < -0.3 is 19.5 Å². The molecule has 2 rings (SSSR count). The molecule has 0 saturated carbocycles. The number of rotatable bonds is 7. The topological polar surface area (TPSA) is 39.7 Å². The molecule has 1 aliphatic rings. The van der Waals surface area contributed by atoms with Crippen molar-refractivity contribution in [1.82, 2.24) is 5.32 Å². The van der Waals surface area contributed by atoms with Crippen molar-refractivity contribution in [3.8, 4) is 5.75 Å². The van der Waals surface area contributed by atoms with Crippen molar-refractivity contribution in [2.24, 2.45) is 5.92 Å². The highest BCUT2D eigenvalue weighted by Crippen LogP contribution is 2.25. The third-order valence-corrected chi connectivity index (χ3v) is 4.32. The van der Waals surface area contributed by atoms with Gasteiger partial charge in [0.05, 0.1) is 19.8 Å². The van der Waals surface area contributed by atoms with Gasteiger partial charge in [0, 0.05) is 31.9 Å². The monoisotopic (exact) mass is 293 g/mol. The van der Waals surface area contributed by atoms with E-state index in [1.165, 1.54) is 5.56 Å². The van der Waals surface area contributed by atoms with Crippen LogP contribution in [0.25, 0.3) is 0 Å². The van der Waals surface area contributed by atoms with Gasteiger partial charge in [0.15, 0.2) is 0 Å². The van der Waals surface area contributed by atoms with Crippen molar-refractivity contribution in [2.45, 2.75) is 39.0 Å². The molecule has 0 amide bonds. The third kappa shape index (κ3) is 4.19. The fourth-order valence-corrected chi connectivity index (χ4v) is 2.83. The van der Waals surface area contributed by atoms with Gasteiger partial charge in [-0.25, -0.2) is 0 Å². The summed E-state index contributed by atoms with van der Waals surface area (Å²) >= 11 is 0. The second kappa shape index (κ2) is 7.78. The van der Waals surface area contributed by atoms with Crippen LogP contribution in [-0.4, -0.2) is 33.5 Å². The molecule has 1 heterocycles. The average molecular weight is 293 g/mol. The fourth-order valence-electron chi connectivity index (χ4n) is 2.83. The average Bonchev–Trinajstić information content (AvgIpc) is 2.90. The molecular formula is C17H27NO3. The summed E-state index contributed by atoms with van der Waals surface area (Å²) in [5.41, 5.74) is 2.35. The minimum Gasteiger partial charge on any atom is -0.496 e. The molecule has 4 heteroatoms. The SMILES string of the molecule is COCc1cc(C(C)NCC2CCOC2C)ccc1OC. The number of ether oxygens (including phenoxy) is 3. The third-order valence-electron chi connectivity index (χ3n) is 4.32. The van der Waals surface area contributed by atoms with Crippen molar-refractivity contribution < 1.29 is 14.2 Å². The molecule has 118 valence electrons. The molecular weight excluding hydrogens is 266 g/mol. The van der Waals surface area contributed by atoms with E-state index >= 15 is 0 Å². The Morgan fingerprint density at radius 3 is 2.81 bits per heavy atom. The molecule has 21 heavy (non-hydrogen) atoms. The standard InChI is InChI=1S/C17H27NO3/c1-12(18-10-15-7-8-21-13(15)2)14-5-6-17(20-4)16(9-14)11-19-3/h5-6,9,12-13,15,18H,7-8,10-11H2,1-4H3. The Kier molecular flexibility index (Phi) is 6.03. The first-order chi connectivity index (χ1) is 10.2. The molecule has 3 atom stereocenters. The normalized spacial score (nSPS) is 23.2. The predicted octanol–water partition coefficient (Wildman–Crippen LogP) is 2.92. The van der Waals surface area contributed by atoms with E-state index in [0.717, 1.165) is 30.9 Å². The maximum atomic E-state index is 5.61. The van der Waals surface area contributed by atoms with Gasteiger partial charge in [-0.2, -0.15) is 0 Å². The molecule has 1 saturated heterocycles. The number of benzene rings is 1. The molecule has 1 aliphatic heterocycles. The van der Waals surface area contributed by atoms with Gasteiger partial charge in [0.1, 0.15) is 5.75 Å². The largest absolute Gasteiger partial charge is 0.496 e. The van der Waals surface area contributed by atoms with Crippen molar-refractivity contribution in [1.29, 1.82) is 0 Å². The van der Waals surface area contributed by atoms with E-state index in [4.69, 9.17) is 14.2 Å². The predicted molar refractivity (Wildman–Crippen MR) is 83.6 cm³/mol. The summed E-state index contributed by atoms with van der Waals surface area (Å²) in [7, 11) is 3.40. The van der Waals surface area contributed by atoms with Gasteiger partial charge in [-0.1, -0.05) is 6.07 Å². The van der Waals surface area contributed by atoms with E-state index in [-0.39, 0.29) is 0 Å². The quantitative estimate of drug-likeness (QED) is 0.839. The lowest BCUT2D eigenvalue weighted by Gasteiger charge is -2.20. The van der Waals surface area contributed by atoms with Gasteiger partial charge in [0.25, 0.3) is 0 Å². The Hall–Kier alpha value is -1.10. The minimum absolute atomic E-state index is 0.305. The highest BCUT2D eigenvalue weighted by atomic mass is 16.5. The zero-order valence-electron chi connectivity index (χ0n) is 13.5. The molecule has 0 radical (unpaired) electrons. The first-order valence-corrected chi connectivity index (χ1v) is 7.66. The summed E-state index contributed by atoms with van der Waals surface area (Å²) in [6, 6.07) is 6.60. The van der Waals surface area contributed by atoms with Crippen molar-refractivity contribution in [3.63, 3.8) is 0 Å². The van der Waals surface area contributed by atoms with Crippen LogP contribution >= 0.6 is 0 Å². The maximum absolute atomic E-state index is 5.61. The number of methoxy groups -OCH3 is 2. The van der Waals surface area contributed by atoms with Crippen LogP contribution in [0.3, 0.4) is 0 Å². The Morgan fingerprint density at radius 2 is 2.19 bits per heavy atom. The van der Waals surface area contributed by atoms with Gasteiger partial charge in [-0.3, -0.25) is 0 Å². The van der Waals surface area contributed by atoms with Crippen molar-refractivity contribution >= 4 is 0 Å². The van der Waals surface area contributed by atoms with Crippen LogP contribution in [0.15, 0.2) is 18.2 Å². The molecule has 4 nitrogen and oxygen atoms in total. The van der Waals surface area contributed by atoms with Crippen molar-refractivity contribution in [2.75, 3.05) is 27.4 Å². The van der Waals surface area contributed by atoms with Crippen LogP contribution in [0.2, 0.25) is 0 Å². The highest BCUT2D eigenvalue weighted by molar-refractivity contribution is 5.38. The van der Waals surface area contributed by atoms with Gasteiger partial charge >= 0.3 is 0 Å². The number of hydrogen-bond acceptors (Lipinski definition) is 4. The summed E-state index contributed by atoms with van der Waals surface area (Å²) in [4.78, 5) is 0. The summed E-state index contributed by atoms with van der Waals surface area (Å²) in [6.45, 7) is 6.81.